The number of hydrogen-bond donors (Lipinski definition) is 3. The van der Waals surface area contributed by atoms with E-state index >= 15 is 0 Å². The quantitative estimate of drug-likeness (QED) is 0.525. The van der Waals surface area contributed by atoms with Gasteiger partial charge in [0.1, 0.15) is 17.8 Å². The van der Waals surface area contributed by atoms with Crippen LogP contribution in [0.1, 0.15) is 25.8 Å². The fraction of sp³-hybridized carbons (Fsp3) is 0.467. The lowest BCUT2D eigenvalue weighted by Gasteiger charge is -2.15. The highest BCUT2D eigenvalue weighted by Crippen LogP contribution is 2.11. The molecule has 116 valence electrons. The average molecular weight is 294 g/mol. The second-order valence-corrected chi connectivity index (χ2v) is 5.45. The van der Waals surface area contributed by atoms with Gasteiger partial charge < -0.3 is 21.3 Å². The second-order valence-electron chi connectivity index (χ2n) is 5.45. The topological polar surface area (TPSA) is 116 Å². The van der Waals surface area contributed by atoms with E-state index in [-0.39, 0.29) is 18.1 Å². The SMILES string of the molecule is CC(C)C[C@@H](N)C(=O)OC(=O)[C@H](N)Cc1ccc(O)cc1. The van der Waals surface area contributed by atoms with Crippen LogP contribution in [0.15, 0.2) is 24.3 Å². The van der Waals surface area contributed by atoms with Crippen molar-refractivity contribution in [2.75, 3.05) is 0 Å². The molecule has 5 N–H and O–H groups in total. The Kier molecular flexibility index (Phi) is 6.33. The maximum absolute atomic E-state index is 11.7. The lowest BCUT2D eigenvalue weighted by Crippen LogP contribution is -2.41. The van der Waals surface area contributed by atoms with Gasteiger partial charge in [0.15, 0.2) is 0 Å². The van der Waals surface area contributed by atoms with Crippen molar-refractivity contribution in [3.63, 3.8) is 0 Å². The molecule has 0 aliphatic heterocycles. The van der Waals surface area contributed by atoms with Crippen molar-refractivity contribution >= 4 is 11.9 Å². The number of nitrogens with two attached hydrogens (primary N) is 2. The molecule has 0 spiro atoms. The van der Waals surface area contributed by atoms with Crippen LogP contribution in [-0.2, 0) is 20.7 Å². The number of esters is 2. The summed E-state index contributed by atoms with van der Waals surface area (Å²) in [5.74, 6) is -1.19. The molecule has 0 unspecified atom stereocenters. The van der Waals surface area contributed by atoms with Gasteiger partial charge in [0.05, 0.1) is 0 Å². The molecular formula is C15H22N2O4. The van der Waals surface area contributed by atoms with Gasteiger partial charge in [-0.05, 0) is 36.5 Å². The number of hydrogen-bond acceptors (Lipinski definition) is 6. The van der Waals surface area contributed by atoms with Gasteiger partial charge in [-0.15, -0.1) is 0 Å². The molecule has 2 atom stereocenters. The van der Waals surface area contributed by atoms with Crippen LogP contribution in [0, 0.1) is 5.92 Å². The molecule has 0 saturated carbocycles. The first-order valence-electron chi connectivity index (χ1n) is 6.84. The molecule has 0 bridgehead atoms. The maximum atomic E-state index is 11.7. The summed E-state index contributed by atoms with van der Waals surface area (Å²) in [6, 6.07) is 4.51. The first-order chi connectivity index (χ1) is 9.79. The summed E-state index contributed by atoms with van der Waals surface area (Å²) in [5.41, 5.74) is 12.1. The third-order valence-corrected chi connectivity index (χ3v) is 2.92. The highest BCUT2D eigenvalue weighted by Gasteiger charge is 2.23. The second kappa shape index (κ2) is 7.75. The molecule has 0 aliphatic rings. The van der Waals surface area contributed by atoms with Crippen LogP contribution in [0.3, 0.4) is 0 Å². The van der Waals surface area contributed by atoms with Crippen molar-refractivity contribution in [1.29, 1.82) is 0 Å². The molecule has 0 amide bonds. The Labute approximate surface area is 124 Å². The molecule has 21 heavy (non-hydrogen) atoms. The summed E-state index contributed by atoms with van der Waals surface area (Å²) in [4.78, 5) is 23.4. The Morgan fingerprint density at radius 2 is 1.62 bits per heavy atom. The number of aromatic hydroxyl groups is 1. The minimum atomic E-state index is -0.954. The predicted octanol–water partition coefficient (Wildman–Crippen LogP) is 0.705. The molecule has 0 aromatic heterocycles. The van der Waals surface area contributed by atoms with E-state index in [1.54, 1.807) is 12.1 Å². The smallest absolute Gasteiger partial charge is 0.330 e. The molecule has 1 aromatic rings. The molecule has 0 aliphatic carbocycles. The first-order valence-corrected chi connectivity index (χ1v) is 6.84. The van der Waals surface area contributed by atoms with Crippen molar-refractivity contribution < 1.29 is 19.4 Å². The molecule has 1 aromatic carbocycles. The molecule has 1 rings (SSSR count). The molecule has 6 nitrogen and oxygen atoms in total. The number of phenols is 1. The van der Waals surface area contributed by atoms with E-state index in [4.69, 9.17) is 16.2 Å². The lowest BCUT2D eigenvalue weighted by molar-refractivity contribution is -0.161. The largest absolute Gasteiger partial charge is 0.508 e. The van der Waals surface area contributed by atoms with Crippen LogP contribution in [0.4, 0.5) is 0 Å². The van der Waals surface area contributed by atoms with Crippen LogP contribution in [-0.4, -0.2) is 29.1 Å². The zero-order chi connectivity index (χ0) is 16.0. The average Bonchev–Trinajstić information content (AvgIpc) is 2.40. The predicted molar refractivity (Wildman–Crippen MR) is 78.3 cm³/mol. The third-order valence-electron chi connectivity index (χ3n) is 2.92. The van der Waals surface area contributed by atoms with Gasteiger partial charge in [0.2, 0.25) is 0 Å². The van der Waals surface area contributed by atoms with E-state index in [2.05, 4.69) is 0 Å². The van der Waals surface area contributed by atoms with Gasteiger partial charge in [-0.2, -0.15) is 0 Å². The van der Waals surface area contributed by atoms with Crippen LogP contribution < -0.4 is 11.5 Å². The lowest BCUT2D eigenvalue weighted by atomic mass is 10.0. The monoisotopic (exact) mass is 294 g/mol. The van der Waals surface area contributed by atoms with Crippen molar-refractivity contribution in [3.8, 4) is 5.75 Å². The van der Waals surface area contributed by atoms with E-state index in [1.165, 1.54) is 12.1 Å². The summed E-state index contributed by atoms with van der Waals surface area (Å²) in [7, 11) is 0. The summed E-state index contributed by atoms with van der Waals surface area (Å²) in [6.45, 7) is 3.84. The van der Waals surface area contributed by atoms with Crippen molar-refractivity contribution in [2.24, 2.45) is 17.4 Å². The Morgan fingerprint density at radius 3 is 2.14 bits per heavy atom. The molecule has 0 fully saturated rings. The summed E-state index contributed by atoms with van der Waals surface area (Å²) < 4.78 is 4.69. The molecule has 0 radical (unpaired) electrons. The number of ether oxygens (including phenoxy) is 1. The van der Waals surface area contributed by atoms with E-state index in [0.717, 1.165) is 5.56 Å². The van der Waals surface area contributed by atoms with Crippen molar-refractivity contribution in [2.45, 2.75) is 38.8 Å². The summed E-state index contributed by atoms with van der Waals surface area (Å²) in [6.07, 6.45) is 0.658. The fourth-order valence-electron chi connectivity index (χ4n) is 1.82. The Bertz CT molecular complexity index is 485. The van der Waals surface area contributed by atoms with Gasteiger partial charge in [0, 0.05) is 0 Å². The number of rotatable bonds is 6. The summed E-state index contributed by atoms with van der Waals surface area (Å²) in [5, 5.41) is 9.17. The van der Waals surface area contributed by atoms with Gasteiger partial charge in [-0.1, -0.05) is 26.0 Å². The Morgan fingerprint density at radius 1 is 1.10 bits per heavy atom. The maximum Gasteiger partial charge on any atom is 0.330 e. The van der Waals surface area contributed by atoms with Gasteiger partial charge in [-0.25, -0.2) is 9.59 Å². The number of carbonyl (C=O) groups excluding carboxylic acids is 2. The van der Waals surface area contributed by atoms with Crippen LogP contribution in [0.25, 0.3) is 0 Å². The van der Waals surface area contributed by atoms with Crippen LogP contribution in [0.5, 0.6) is 5.75 Å². The minimum absolute atomic E-state index is 0.129. The highest BCUT2D eigenvalue weighted by molar-refractivity contribution is 5.90. The molecule has 0 saturated heterocycles. The number of carbonyl (C=O) groups is 2. The minimum Gasteiger partial charge on any atom is -0.508 e. The van der Waals surface area contributed by atoms with Crippen molar-refractivity contribution in [3.05, 3.63) is 29.8 Å². The molecule has 6 heteroatoms. The molecule has 0 heterocycles. The van der Waals surface area contributed by atoms with Gasteiger partial charge >= 0.3 is 11.9 Å². The van der Waals surface area contributed by atoms with E-state index in [0.29, 0.717) is 6.42 Å². The number of phenolic OH excluding ortho intramolecular Hbond substituents is 1. The normalized spacial score (nSPS) is 13.8. The van der Waals surface area contributed by atoms with E-state index in [9.17, 15) is 14.7 Å². The zero-order valence-electron chi connectivity index (χ0n) is 12.3. The molecular weight excluding hydrogens is 272 g/mol. The van der Waals surface area contributed by atoms with Crippen LogP contribution in [0.2, 0.25) is 0 Å². The Hall–Kier alpha value is -1.92. The highest BCUT2D eigenvalue weighted by atomic mass is 16.6. The van der Waals surface area contributed by atoms with E-state index < -0.39 is 24.0 Å². The summed E-state index contributed by atoms with van der Waals surface area (Å²) >= 11 is 0. The van der Waals surface area contributed by atoms with E-state index in [1.807, 2.05) is 13.8 Å². The van der Waals surface area contributed by atoms with Gasteiger partial charge in [0.25, 0.3) is 0 Å². The zero-order valence-corrected chi connectivity index (χ0v) is 12.3. The van der Waals surface area contributed by atoms with Crippen LogP contribution >= 0.6 is 0 Å². The van der Waals surface area contributed by atoms with Gasteiger partial charge in [-0.3, -0.25) is 0 Å². The number of benzene rings is 1. The van der Waals surface area contributed by atoms with Crippen molar-refractivity contribution in [1.82, 2.24) is 0 Å². The Balaban J connectivity index is 2.50. The third kappa shape index (κ3) is 5.93. The fourth-order valence-corrected chi connectivity index (χ4v) is 1.82. The standard InChI is InChI=1S/C15H22N2O4/c1-9(2)7-12(16)14(19)21-15(20)13(17)8-10-3-5-11(18)6-4-10/h3-6,9,12-13,18H,7-8,16-17H2,1-2H3/t12-,13-/m1/s1. The first kappa shape index (κ1) is 17.1.